The molecule has 0 radical (unpaired) electrons. The summed E-state index contributed by atoms with van der Waals surface area (Å²) < 4.78 is 0. The number of allylic oxidation sites excluding steroid dienone is 10. The van der Waals surface area contributed by atoms with E-state index in [0.29, 0.717) is 17.5 Å². The van der Waals surface area contributed by atoms with Crippen LogP contribution in [0.1, 0.15) is 41.9 Å². The predicted octanol–water partition coefficient (Wildman–Crippen LogP) is 12.7. The second-order valence-electron chi connectivity index (χ2n) is 14.7. The Hall–Kier alpha value is -6.97. The summed E-state index contributed by atoms with van der Waals surface area (Å²) in [6.07, 6.45) is 13.5. The van der Waals surface area contributed by atoms with Crippen LogP contribution in [0.4, 0.5) is 0 Å². The SMILES string of the molecule is C\C=C/C=C1/C(=C2\C=C(c3nc(-c4ccccc4)nc(-c4ccccc4-c4ccccc4)n3)C=CC2C)C2(c3ccccc31)c1ccccc1-c1ccccc12. The monoisotopic (exact) mass is 717 g/mol. The fraction of sp³-hybridized carbons (Fsp3) is 0.0755. The van der Waals surface area contributed by atoms with Crippen molar-refractivity contribution in [2.45, 2.75) is 19.3 Å². The zero-order valence-corrected chi connectivity index (χ0v) is 31.4. The van der Waals surface area contributed by atoms with Crippen LogP contribution in [0, 0.1) is 5.92 Å². The van der Waals surface area contributed by atoms with E-state index in [9.17, 15) is 0 Å². The van der Waals surface area contributed by atoms with Crippen molar-refractivity contribution in [1.82, 2.24) is 15.0 Å². The fourth-order valence-electron chi connectivity index (χ4n) is 9.08. The van der Waals surface area contributed by atoms with E-state index in [2.05, 4.69) is 184 Å². The van der Waals surface area contributed by atoms with Gasteiger partial charge in [0.1, 0.15) is 0 Å². The van der Waals surface area contributed by atoms with Crippen LogP contribution in [0.5, 0.6) is 0 Å². The van der Waals surface area contributed by atoms with Crippen LogP contribution in [0.15, 0.2) is 205 Å². The van der Waals surface area contributed by atoms with Crippen LogP contribution in [0.25, 0.3) is 56.2 Å². The third-order valence-corrected chi connectivity index (χ3v) is 11.5. The molecule has 0 saturated carbocycles. The first-order chi connectivity index (χ1) is 27.7. The Labute approximate surface area is 328 Å². The summed E-state index contributed by atoms with van der Waals surface area (Å²) in [4.78, 5) is 15.7. The number of aromatic nitrogens is 3. The van der Waals surface area contributed by atoms with Crippen molar-refractivity contribution in [2.24, 2.45) is 5.92 Å². The first-order valence-electron chi connectivity index (χ1n) is 19.4. The maximum atomic E-state index is 5.30. The summed E-state index contributed by atoms with van der Waals surface area (Å²) in [6.45, 7) is 4.40. The van der Waals surface area contributed by atoms with Crippen molar-refractivity contribution in [1.29, 1.82) is 0 Å². The van der Waals surface area contributed by atoms with E-state index in [4.69, 9.17) is 15.0 Å². The third-order valence-electron chi connectivity index (χ3n) is 11.5. The van der Waals surface area contributed by atoms with Crippen molar-refractivity contribution < 1.29 is 0 Å². The molecule has 1 heterocycles. The molecule has 1 spiro atoms. The number of nitrogens with zero attached hydrogens (tertiary/aromatic N) is 3. The molecule has 6 aromatic carbocycles. The highest BCUT2D eigenvalue weighted by molar-refractivity contribution is 6.01. The predicted molar refractivity (Wildman–Crippen MR) is 230 cm³/mol. The lowest BCUT2D eigenvalue weighted by Crippen LogP contribution is -2.28. The molecular formula is C53H39N3. The maximum Gasteiger partial charge on any atom is 0.164 e. The van der Waals surface area contributed by atoms with Gasteiger partial charge in [-0.15, -0.1) is 0 Å². The van der Waals surface area contributed by atoms with Gasteiger partial charge in [-0.05, 0) is 80.1 Å². The molecule has 0 amide bonds. The highest BCUT2D eigenvalue weighted by Gasteiger charge is 2.54. The van der Waals surface area contributed by atoms with Crippen molar-refractivity contribution in [3.63, 3.8) is 0 Å². The van der Waals surface area contributed by atoms with Gasteiger partial charge >= 0.3 is 0 Å². The van der Waals surface area contributed by atoms with Gasteiger partial charge < -0.3 is 0 Å². The number of rotatable bonds is 5. The molecule has 10 rings (SSSR count). The molecule has 0 bridgehead atoms. The van der Waals surface area contributed by atoms with E-state index >= 15 is 0 Å². The van der Waals surface area contributed by atoms with Crippen LogP contribution in [-0.2, 0) is 5.41 Å². The van der Waals surface area contributed by atoms with Crippen molar-refractivity contribution in [3.8, 4) is 45.0 Å². The number of hydrogen-bond donors (Lipinski definition) is 0. The van der Waals surface area contributed by atoms with E-state index in [1.165, 1.54) is 50.1 Å². The second kappa shape index (κ2) is 13.7. The standard InChI is InChI=1S/C53H39N3/c1-3-4-23-43-42-27-15-18-31-48(42)53(46-29-16-13-25-40(46)41-26-14-17-30-47(41)53)49(43)45-34-38(33-32-35(45)2)51-54-50(37-21-9-6-10-22-37)55-52(56-51)44-28-12-11-24-39(44)36-19-7-5-8-20-36/h3-35H,1-2H3/b4-3-,43-23+,49-45-. The van der Waals surface area contributed by atoms with E-state index in [1.807, 2.05) is 24.3 Å². The Balaban J connectivity index is 1.26. The van der Waals surface area contributed by atoms with Gasteiger partial charge in [0.15, 0.2) is 17.5 Å². The van der Waals surface area contributed by atoms with E-state index < -0.39 is 5.41 Å². The molecule has 266 valence electrons. The lowest BCUT2D eigenvalue weighted by Gasteiger charge is -2.34. The van der Waals surface area contributed by atoms with E-state index in [1.54, 1.807) is 0 Å². The summed E-state index contributed by atoms with van der Waals surface area (Å²) in [5.74, 6) is 2.07. The Morgan fingerprint density at radius 2 is 1.00 bits per heavy atom. The molecule has 7 aromatic rings. The Morgan fingerprint density at radius 1 is 0.500 bits per heavy atom. The quantitative estimate of drug-likeness (QED) is 0.178. The van der Waals surface area contributed by atoms with Crippen LogP contribution < -0.4 is 0 Å². The fourth-order valence-corrected chi connectivity index (χ4v) is 9.08. The lowest BCUT2D eigenvalue weighted by molar-refractivity contribution is 0.758. The molecule has 0 N–H and O–H groups in total. The first-order valence-corrected chi connectivity index (χ1v) is 19.4. The zero-order chi connectivity index (χ0) is 37.6. The molecule has 1 aromatic heterocycles. The second-order valence-corrected chi connectivity index (χ2v) is 14.7. The summed E-state index contributed by atoms with van der Waals surface area (Å²) in [5, 5.41) is 0. The molecule has 56 heavy (non-hydrogen) atoms. The van der Waals surface area contributed by atoms with Crippen LogP contribution in [-0.4, -0.2) is 15.0 Å². The van der Waals surface area contributed by atoms with Gasteiger partial charge in [0.2, 0.25) is 0 Å². The Bertz CT molecular complexity index is 2770. The molecule has 3 aliphatic rings. The molecule has 3 nitrogen and oxygen atoms in total. The largest absolute Gasteiger partial charge is 0.208 e. The first kappa shape index (κ1) is 33.6. The normalized spacial score (nSPS) is 18.3. The van der Waals surface area contributed by atoms with Gasteiger partial charge in [-0.3, -0.25) is 0 Å². The lowest BCUT2D eigenvalue weighted by atomic mass is 9.67. The average Bonchev–Trinajstić information content (AvgIpc) is 3.73. The average molecular weight is 718 g/mol. The molecule has 3 aliphatic carbocycles. The molecule has 1 atom stereocenters. The molecule has 0 saturated heterocycles. The van der Waals surface area contributed by atoms with Gasteiger partial charge in [-0.2, -0.15) is 0 Å². The van der Waals surface area contributed by atoms with Crippen LogP contribution >= 0.6 is 0 Å². The smallest absolute Gasteiger partial charge is 0.164 e. The minimum atomic E-state index is -0.498. The van der Waals surface area contributed by atoms with Crippen LogP contribution in [0.3, 0.4) is 0 Å². The molecule has 0 aliphatic heterocycles. The van der Waals surface area contributed by atoms with E-state index in [0.717, 1.165) is 27.8 Å². The summed E-state index contributed by atoms with van der Waals surface area (Å²) in [6, 6.07) is 56.1. The van der Waals surface area contributed by atoms with Crippen LogP contribution in [0.2, 0.25) is 0 Å². The van der Waals surface area contributed by atoms with Crippen molar-refractivity contribution in [3.05, 3.63) is 233 Å². The highest BCUT2D eigenvalue weighted by atomic mass is 15.0. The third kappa shape index (κ3) is 5.23. The summed E-state index contributed by atoms with van der Waals surface area (Å²) in [7, 11) is 0. The summed E-state index contributed by atoms with van der Waals surface area (Å²) in [5.41, 5.74) is 16.2. The number of benzene rings is 6. The Kier molecular flexibility index (Phi) is 8.22. The molecule has 0 fully saturated rings. The Morgan fingerprint density at radius 3 is 1.64 bits per heavy atom. The topological polar surface area (TPSA) is 38.7 Å². The zero-order valence-electron chi connectivity index (χ0n) is 31.4. The van der Waals surface area contributed by atoms with Gasteiger partial charge in [-0.25, -0.2) is 15.0 Å². The number of fused-ring (bicyclic) bond motifs is 7. The minimum absolute atomic E-state index is 0.127. The maximum absolute atomic E-state index is 5.30. The molecular weight excluding hydrogens is 679 g/mol. The molecule has 3 heteroatoms. The minimum Gasteiger partial charge on any atom is -0.208 e. The summed E-state index contributed by atoms with van der Waals surface area (Å²) >= 11 is 0. The van der Waals surface area contributed by atoms with Gasteiger partial charge in [0.25, 0.3) is 0 Å². The van der Waals surface area contributed by atoms with Gasteiger partial charge in [0, 0.05) is 16.7 Å². The van der Waals surface area contributed by atoms with Gasteiger partial charge in [-0.1, -0.05) is 195 Å². The van der Waals surface area contributed by atoms with Gasteiger partial charge in [0.05, 0.1) is 5.41 Å². The number of hydrogen-bond acceptors (Lipinski definition) is 3. The van der Waals surface area contributed by atoms with E-state index in [-0.39, 0.29) is 5.92 Å². The van der Waals surface area contributed by atoms with Crippen molar-refractivity contribution >= 4 is 11.1 Å². The van der Waals surface area contributed by atoms with Crippen molar-refractivity contribution in [2.75, 3.05) is 0 Å². The highest BCUT2D eigenvalue weighted by Crippen LogP contribution is 2.65. The molecule has 1 unspecified atom stereocenters.